The van der Waals surface area contributed by atoms with Gasteiger partial charge in [-0.15, -0.1) is 0 Å². The number of nitrogens with zero attached hydrogens (tertiary/aromatic N) is 3. The SMILES string of the molecule is COc1ccc(-c2cn(-c3ccc(OC)c(OC)c3)c(NC(=O)CN(CC3CC3)C(=O)C3CC3)n2)cc1. The number of aromatic nitrogens is 2. The minimum absolute atomic E-state index is 0.0164. The molecular weight excluding hydrogens is 472 g/mol. The van der Waals surface area contributed by atoms with Crippen molar-refractivity contribution < 1.29 is 23.8 Å². The number of rotatable bonds is 11. The van der Waals surface area contributed by atoms with E-state index in [9.17, 15) is 9.59 Å². The highest BCUT2D eigenvalue weighted by Gasteiger charge is 2.36. The molecule has 37 heavy (non-hydrogen) atoms. The van der Waals surface area contributed by atoms with E-state index in [0.717, 1.165) is 42.7 Å². The van der Waals surface area contributed by atoms with Crippen LogP contribution in [0.15, 0.2) is 48.7 Å². The summed E-state index contributed by atoms with van der Waals surface area (Å²) in [5.74, 6) is 2.64. The van der Waals surface area contributed by atoms with Crippen molar-refractivity contribution in [1.82, 2.24) is 14.5 Å². The Balaban J connectivity index is 1.44. The predicted octanol–water partition coefficient (Wildman–Crippen LogP) is 4.15. The maximum atomic E-state index is 13.2. The monoisotopic (exact) mass is 504 g/mol. The Morgan fingerprint density at radius 1 is 0.973 bits per heavy atom. The van der Waals surface area contributed by atoms with E-state index in [1.807, 2.05) is 42.6 Å². The van der Waals surface area contributed by atoms with Crippen LogP contribution in [0.1, 0.15) is 25.7 Å². The van der Waals surface area contributed by atoms with Gasteiger partial charge in [0.15, 0.2) is 11.5 Å². The third-order valence-electron chi connectivity index (χ3n) is 6.74. The van der Waals surface area contributed by atoms with Crippen LogP contribution in [-0.4, -0.2) is 60.7 Å². The highest BCUT2D eigenvalue weighted by Crippen LogP contribution is 2.35. The van der Waals surface area contributed by atoms with Crippen LogP contribution >= 0.6 is 0 Å². The number of anilines is 1. The largest absolute Gasteiger partial charge is 0.497 e. The first kappa shape index (κ1) is 24.7. The van der Waals surface area contributed by atoms with E-state index in [0.29, 0.717) is 35.6 Å². The Morgan fingerprint density at radius 2 is 1.70 bits per heavy atom. The maximum absolute atomic E-state index is 13.2. The molecule has 2 aliphatic rings. The summed E-state index contributed by atoms with van der Waals surface area (Å²) in [4.78, 5) is 32.5. The first-order valence-electron chi connectivity index (χ1n) is 12.5. The Labute approximate surface area is 216 Å². The van der Waals surface area contributed by atoms with Crippen molar-refractivity contribution in [3.8, 4) is 34.2 Å². The lowest BCUT2D eigenvalue weighted by atomic mass is 10.1. The van der Waals surface area contributed by atoms with Gasteiger partial charge in [0.05, 0.1) is 39.3 Å². The number of methoxy groups -OCH3 is 3. The molecule has 1 N–H and O–H groups in total. The van der Waals surface area contributed by atoms with Crippen molar-refractivity contribution in [2.75, 3.05) is 39.7 Å². The molecule has 0 radical (unpaired) electrons. The summed E-state index contributed by atoms with van der Waals surface area (Å²) in [6.07, 6.45) is 5.92. The van der Waals surface area contributed by atoms with Gasteiger partial charge in [-0.2, -0.15) is 0 Å². The van der Waals surface area contributed by atoms with Gasteiger partial charge in [-0.05, 0) is 68.0 Å². The number of carbonyl (C=O) groups excluding carboxylic acids is 2. The molecule has 9 nitrogen and oxygen atoms in total. The highest BCUT2D eigenvalue weighted by molar-refractivity contribution is 5.94. The normalized spacial score (nSPS) is 14.7. The molecule has 5 rings (SSSR count). The molecule has 2 amide bonds. The molecule has 2 aliphatic carbocycles. The highest BCUT2D eigenvalue weighted by atomic mass is 16.5. The fourth-order valence-corrected chi connectivity index (χ4v) is 4.31. The molecule has 0 atom stereocenters. The first-order chi connectivity index (χ1) is 18.0. The zero-order valence-electron chi connectivity index (χ0n) is 21.4. The summed E-state index contributed by atoms with van der Waals surface area (Å²) >= 11 is 0. The number of nitrogens with one attached hydrogen (secondary N) is 1. The summed E-state index contributed by atoms with van der Waals surface area (Å²) < 4.78 is 17.9. The average molecular weight is 505 g/mol. The lowest BCUT2D eigenvalue weighted by Gasteiger charge is -2.22. The minimum atomic E-state index is -0.275. The van der Waals surface area contributed by atoms with E-state index in [4.69, 9.17) is 19.2 Å². The molecule has 2 fully saturated rings. The molecule has 1 aromatic heterocycles. The van der Waals surface area contributed by atoms with Gasteiger partial charge < -0.3 is 19.1 Å². The second-order valence-electron chi connectivity index (χ2n) is 9.57. The topological polar surface area (TPSA) is 94.9 Å². The molecule has 2 aromatic carbocycles. The van der Waals surface area contributed by atoms with E-state index in [-0.39, 0.29) is 24.3 Å². The summed E-state index contributed by atoms with van der Waals surface area (Å²) in [6, 6.07) is 13.0. The fourth-order valence-electron chi connectivity index (χ4n) is 4.31. The molecule has 9 heteroatoms. The van der Waals surface area contributed by atoms with Gasteiger partial charge >= 0.3 is 0 Å². The van der Waals surface area contributed by atoms with Crippen molar-refractivity contribution in [3.63, 3.8) is 0 Å². The molecule has 0 saturated heterocycles. The van der Waals surface area contributed by atoms with Crippen LogP contribution < -0.4 is 19.5 Å². The van der Waals surface area contributed by atoms with E-state index in [1.165, 1.54) is 0 Å². The number of amides is 2. The second-order valence-corrected chi connectivity index (χ2v) is 9.57. The van der Waals surface area contributed by atoms with Crippen LogP contribution in [0.4, 0.5) is 5.95 Å². The van der Waals surface area contributed by atoms with Crippen LogP contribution in [0.3, 0.4) is 0 Å². The Kier molecular flexibility index (Phi) is 7.03. The maximum Gasteiger partial charge on any atom is 0.246 e. The molecule has 0 bridgehead atoms. The number of hydrogen-bond donors (Lipinski definition) is 1. The van der Waals surface area contributed by atoms with Crippen LogP contribution in [0.25, 0.3) is 16.9 Å². The molecular formula is C28H32N4O5. The van der Waals surface area contributed by atoms with Gasteiger partial charge in [-0.3, -0.25) is 19.5 Å². The van der Waals surface area contributed by atoms with Crippen LogP contribution in [0.2, 0.25) is 0 Å². The number of hydrogen-bond acceptors (Lipinski definition) is 6. The summed E-state index contributed by atoms with van der Waals surface area (Å²) in [5, 5.41) is 2.95. The smallest absolute Gasteiger partial charge is 0.246 e. The molecule has 3 aromatic rings. The lowest BCUT2D eigenvalue weighted by Crippen LogP contribution is -2.40. The zero-order chi connectivity index (χ0) is 25.9. The second kappa shape index (κ2) is 10.5. The molecule has 2 saturated carbocycles. The summed E-state index contributed by atoms with van der Waals surface area (Å²) in [6.45, 7) is 0.659. The average Bonchev–Trinajstić information content (AvgIpc) is 3.86. The fraction of sp³-hybridized carbons (Fsp3) is 0.393. The Hall–Kier alpha value is -4.01. The van der Waals surface area contributed by atoms with Crippen molar-refractivity contribution in [2.24, 2.45) is 11.8 Å². The third kappa shape index (κ3) is 5.71. The predicted molar refractivity (Wildman–Crippen MR) is 139 cm³/mol. The van der Waals surface area contributed by atoms with Gasteiger partial charge in [0.25, 0.3) is 0 Å². The summed E-state index contributed by atoms with van der Waals surface area (Å²) in [7, 11) is 4.78. The third-order valence-corrected chi connectivity index (χ3v) is 6.74. The van der Waals surface area contributed by atoms with Gasteiger partial charge in [-0.1, -0.05) is 0 Å². The number of imidazole rings is 1. The number of benzene rings is 2. The zero-order valence-corrected chi connectivity index (χ0v) is 21.4. The van der Waals surface area contributed by atoms with Crippen molar-refractivity contribution in [1.29, 1.82) is 0 Å². The van der Waals surface area contributed by atoms with Crippen molar-refractivity contribution in [3.05, 3.63) is 48.7 Å². The Morgan fingerprint density at radius 3 is 2.32 bits per heavy atom. The molecule has 0 spiro atoms. The standard InChI is InChI=1S/C28H32N4O5/c1-35-22-11-8-19(9-12-22)23-16-32(21-10-13-24(36-2)25(14-21)37-3)28(29-23)30-26(33)17-31(15-18-4-5-18)27(34)20-6-7-20/h8-14,16,18,20H,4-7,15,17H2,1-3H3,(H,29,30,33). The van der Waals surface area contributed by atoms with E-state index in [1.54, 1.807) is 36.9 Å². The first-order valence-corrected chi connectivity index (χ1v) is 12.5. The molecule has 0 unspecified atom stereocenters. The van der Waals surface area contributed by atoms with Gasteiger partial charge in [0, 0.05) is 30.3 Å². The quantitative estimate of drug-likeness (QED) is 0.422. The van der Waals surface area contributed by atoms with E-state index >= 15 is 0 Å². The molecule has 1 heterocycles. The molecule has 0 aliphatic heterocycles. The van der Waals surface area contributed by atoms with Gasteiger partial charge in [0.1, 0.15) is 5.75 Å². The van der Waals surface area contributed by atoms with E-state index < -0.39 is 0 Å². The summed E-state index contributed by atoms with van der Waals surface area (Å²) in [5.41, 5.74) is 2.29. The van der Waals surface area contributed by atoms with Gasteiger partial charge in [-0.25, -0.2) is 4.98 Å². The number of carbonyl (C=O) groups is 2. The molecule has 194 valence electrons. The van der Waals surface area contributed by atoms with Crippen LogP contribution in [-0.2, 0) is 9.59 Å². The lowest BCUT2D eigenvalue weighted by molar-refractivity contribution is -0.136. The van der Waals surface area contributed by atoms with Crippen molar-refractivity contribution >= 4 is 17.8 Å². The van der Waals surface area contributed by atoms with Crippen LogP contribution in [0.5, 0.6) is 17.2 Å². The van der Waals surface area contributed by atoms with Gasteiger partial charge in [0.2, 0.25) is 17.8 Å². The Bertz CT molecular complexity index is 1280. The van der Waals surface area contributed by atoms with Crippen molar-refractivity contribution in [2.45, 2.75) is 25.7 Å². The van der Waals surface area contributed by atoms with E-state index in [2.05, 4.69) is 5.32 Å². The number of ether oxygens (including phenoxy) is 3. The minimum Gasteiger partial charge on any atom is -0.497 e. The van der Waals surface area contributed by atoms with Crippen LogP contribution in [0, 0.1) is 11.8 Å².